The molecule has 1 saturated heterocycles. The first-order valence-electron chi connectivity index (χ1n) is 5.84. The number of rotatable bonds is 3. The topological polar surface area (TPSA) is 66.9 Å². The van der Waals surface area contributed by atoms with E-state index in [1.165, 1.54) is 17.8 Å². The summed E-state index contributed by atoms with van der Waals surface area (Å²) in [6.45, 7) is 2.01. The van der Waals surface area contributed by atoms with Gasteiger partial charge in [-0.15, -0.1) is 11.8 Å². The number of carbonyl (C=O) groups excluding carboxylic acids is 2. The van der Waals surface area contributed by atoms with E-state index in [0.717, 1.165) is 12.2 Å². The number of phenolic OH excluding ortho intramolecular Hbond substituents is 1. The van der Waals surface area contributed by atoms with Crippen molar-refractivity contribution in [3.8, 4) is 5.75 Å². The molecular formula is C13H12O4S. The van der Waals surface area contributed by atoms with E-state index >= 15 is 0 Å². The Hall–Kier alpha value is -1.33. The summed E-state index contributed by atoms with van der Waals surface area (Å²) in [6, 6.07) is 4.56. The Kier molecular flexibility index (Phi) is 2.50. The molecule has 1 N–H and O–H groups in total. The highest BCUT2D eigenvalue weighted by atomic mass is 32.2. The van der Waals surface area contributed by atoms with Crippen molar-refractivity contribution in [2.75, 3.05) is 5.75 Å². The van der Waals surface area contributed by atoms with Crippen LogP contribution in [-0.2, 0) is 4.74 Å². The van der Waals surface area contributed by atoms with Gasteiger partial charge in [0.2, 0.25) is 16.5 Å². The number of hydrogen-bond donors (Lipinski definition) is 1. The van der Waals surface area contributed by atoms with Gasteiger partial charge >= 0.3 is 0 Å². The predicted octanol–water partition coefficient (Wildman–Crippen LogP) is 2.01. The summed E-state index contributed by atoms with van der Waals surface area (Å²) in [6.07, 6.45) is 0.194. The molecule has 0 aromatic heterocycles. The van der Waals surface area contributed by atoms with Gasteiger partial charge in [0.25, 0.3) is 0 Å². The summed E-state index contributed by atoms with van der Waals surface area (Å²) in [5, 5.41) is 9.71. The molecule has 0 spiro atoms. The number of epoxide rings is 1. The molecule has 1 aliphatic carbocycles. The Morgan fingerprint density at radius 1 is 1.44 bits per heavy atom. The first-order valence-corrected chi connectivity index (χ1v) is 6.83. The SMILES string of the molecule is CCCSC12OC1C(=O)c1c(O)cccc1C2=O. The van der Waals surface area contributed by atoms with E-state index < -0.39 is 11.0 Å². The maximum absolute atomic E-state index is 12.4. The van der Waals surface area contributed by atoms with Gasteiger partial charge in [0, 0.05) is 5.56 Å². The molecule has 1 aromatic rings. The monoisotopic (exact) mass is 264 g/mol. The van der Waals surface area contributed by atoms with Crippen LogP contribution in [-0.4, -0.2) is 33.5 Å². The van der Waals surface area contributed by atoms with Gasteiger partial charge in [-0.2, -0.15) is 0 Å². The van der Waals surface area contributed by atoms with Gasteiger partial charge in [-0.05, 0) is 18.2 Å². The molecular weight excluding hydrogens is 252 g/mol. The predicted molar refractivity (Wildman–Crippen MR) is 67.1 cm³/mol. The number of Topliss-reactive ketones (excluding diaryl/α,β-unsaturated/α-hetero) is 2. The Balaban J connectivity index is 2.06. The minimum Gasteiger partial charge on any atom is -0.507 e. The van der Waals surface area contributed by atoms with E-state index in [2.05, 4.69) is 0 Å². The Morgan fingerprint density at radius 2 is 2.22 bits per heavy atom. The molecule has 2 unspecified atom stereocenters. The zero-order valence-electron chi connectivity index (χ0n) is 9.80. The maximum Gasteiger partial charge on any atom is 0.211 e. The number of ether oxygens (including phenoxy) is 1. The third-order valence-electron chi connectivity index (χ3n) is 3.19. The lowest BCUT2D eigenvalue weighted by atomic mass is 9.88. The molecule has 3 rings (SSSR count). The fourth-order valence-electron chi connectivity index (χ4n) is 2.28. The van der Waals surface area contributed by atoms with Crippen molar-refractivity contribution in [1.82, 2.24) is 0 Å². The molecule has 1 aromatic carbocycles. The fourth-order valence-corrected chi connectivity index (χ4v) is 3.45. The minimum absolute atomic E-state index is 0.109. The standard InChI is InChI=1S/C13H12O4S/c1-2-6-18-13-11(16)7-4-3-5-8(14)9(7)10(15)12(13)17-13/h3-5,12,14H,2,6H2,1H3. The molecule has 1 fully saturated rings. The lowest BCUT2D eigenvalue weighted by Crippen LogP contribution is -2.34. The van der Waals surface area contributed by atoms with Crippen LogP contribution >= 0.6 is 11.8 Å². The number of ketones is 2. The van der Waals surface area contributed by atoms with Gasteiger partial charge < -0.3 is 9.84 Å². The van der Waals surface area contributed by atoms with E-state index in [-0.39, 0.29) is 28.4 Å². The molecule has 0 bridgehead atoms. The van der Waals surface area contributed by atoms with E-state index in [0.29, 0.717) is 0 Å². The molecule has 2 aliphatic rings. The second kappa shape index (κ2) is 3.83. The number of fused-ring (bicyclic) bond motifs is 2. The zero-order chi connectivity index (χ0) is 12.9. The summed E-state index contributed by atoms with van der Waals surface area (Å²) in [5.74, 6) is 0.141. The van der Waals surface area contributed by atoms with Crippen molar-refractivity contribution < 1.29 is 19.4 Å². The summed E-state index contributed by atoms with van der Waals surface area (Å²) < 4.78 is 5.38. The number of hydrogen-bond acceptors (Lipinski definition) is 5. The largest absolute Gasteiger partial charge is 0.507 e. The average molecular weight is 264 g/mol. The first kappa shape index (κ1) is 11.7. The number of benzene rings is 1. The number of phenols is 1. The Bertz CT molecular complexity index is 554. The molecule has 0 saturated carbocycles. The molecule has 18 heavy (non-hydrogen) atoms. The van der Waals surface area contributed by atoms with Crippen LogP contribution in [0.4, 0.5) is 0 Å². The lowest BCUT2D eigenvalue weighted by molar-refractivity contribution is 0.0909. The molecule has 1 heterocycles. The fraction of sp³-hybridized carbons (Fsp3) is 0.385. The second-order valence-electron chi connectivity index (χ2n) is 4.41. The lowest BCUT2D eigenvalue weighted by Gasteiger charge is -2.18. The smallest absolute Gasteiger partial charge is 0.211 e. The molecule has 5 heteroatoms. The van der Waals surface area contributed by atoms with Crippen molar-refractivity contribution >= 4 is 23.3 Å². The van der Waals surface area contributed by atoms with Gasteiger partial charge in [-0.25, -0.2) is 0 Å². The average Bonchev–Trinajstić information content (AvgIpc) is 3.10. The Morgan fingerprint density at radius 3 is 2.94 bits per heavy atom. The van der Waals surface area contributed by atoms with Crippen LogP contribution in [0.3, 0.4) is 0 Å². The highest BCUT2D eigenvalue weighted by Gasteiger charge is 2.69. The first-order chi connectivity index (χ1) is 8.62. The van der Waals surface area contributed by atoms with Gasteiger partial charge in [0.15, 0.2) is 6.10 Å². The highest BCUT2D eigenvalue weighted by molar-refractivity contribution is 8.01. The molecule has 4 nitrogen and oxygen atoms in total. The van der Waals surface area contributed by atoms with E-state index in [1.807, 2.05) is 6.92 Å². The highest BCUT2D eigenvalue weighted by Crippen LogP contribution is 2.54. The minimum atomic E-state index is -1.02. The molecule has 94 valence electrons. The van der Waals surface area contributed by atoms with Crippen molar-refractivity contribution in [1.29, 1.82) is 0 Å². The van der Waals surface area contributed by atoms with E-state index in [9.17, 15) is 14.7 Å². The summed E-state index contributed by atoms with van der Waals surface area (Å²) in [4.78, 5) is 23.5. The van der Waals surface area contributed by atoms with Crippen LogP contribution in [0, 0.1) is 0 Å². The van der Waals surface area contributed by atoms with Crippen LogP contribution in [0.5, 0.6) is 5.75 Å². The van der Waals surface area contributed by atoms with Gasteiger partial charge in [0.1, 0.15) is 5.75 Å². The molecule has 0 radical (unpaired) electrons. The van der Waals surface area contributed by atoms with Gasteiger partial charge in [-0.3, -0.25) is 9.59 Å². The maximum atomic E-state index is 12.4. The number of carbonyl (C=O) groups is 2. The normalized spacial score (nSPS) is 28.8. The van der Waals surface area contributed by atoms with Gasteiger partial charge in [-0.1, -0.05) is 19.1 Å². The molecule has 1 aliphatic heterocycles. The quantitative estimate of drug-likeness (QED) is 0.846. The van der Waals surface area contributed by atoms with Gasteiger partial charge in [0.05, 0.1) is 5.56 Å². The zero-order valence-corrected chi connectivity index (χ0v) is 10.6. The van der Waals surface area contributed by atoms with Crippen LogP contribution < -0.4 is 0 Å². The van der Waals surface area contributed by atoms with Crippen molar-refractivity contribution in [2.24, 2.45) is 0 Å². The van der Waals surface area contributed by atoms with Crippen LogP contribution in [0.15, 0.2) is 18.2 Å². The summed E-state index contributed by atoms with van der Waals surface area (Å²) >= 11 is 1.38. The van der Waals surface area contributed by atoms with Crippen molar-refractivity contribution in [3.63, 3.8) is 0 Å². The van der Waals surface area contributed by atoms with E-state index in [4.69, 9.17) is 4.74 Å². The van der Waals surface area contributed by atoms with Crippen LogP contribution in [0.2, 0.25) is 0 Å². The number of thioether (sulfide) groups is 1. The summed E-state index contributed by atoms with van der Waals surface area (Å²) in [5.41, 5.74) is 0.384. The third-order valence-corrected chi connectivity index (χ3v) is 4.73. The molecule has 2 atom stereocenters. The number of aromatic hydroxyl groups is 1. The van der Waals surface area contributed by atoms with E-state index in [1.54, 1.807) is 12.1 Å². The Labute approximate surface area is 108 Å². The molecule has 0 amide bonds. The van der Waals surface area contributed by atoms with Crippen LogP contribution in [0.1, 0.15) is 34.1 Å². The van der Waals surface area contributed by atoms with Crippen LogP contribution in [0.25, 0.3) is 0 Å². The van der Waals surface area contributed by atoms with Crippen molar-refractivity contribution in [3.05, 3.63) is 29.3 Å². The van der Waals surface area contributed by atoms with Crippen molar-refractivity contribution in [2.45, 2.75) is 24.4 Å². The summed E-state index contributed by atoms with van der Waals surface area (Å²) in [7, 11) is 0. The third kappa shape index (κ3) is 1.37. The second-order valence-corrected chi connectivity index (χ2v) is 5.71.